The Morgan fingerprint density at radius 3 is 2.51 bits per heavy atom. The zero-order valence-corrected chi connectivity index (χ0v) is 21.8. The summed E-state index contributed by atoms with van der Waals surface area (Å²) in [4.78, 5) is 19.0. The molecule has 5 aromatic rings. The lowest BCUT2D eigenvalue weighted by Crippen LogP contribution is -2.44. The molecule has 10 nitrogen and oxygen atoms in total. The molecule has 3 aromatic heterocycles. The average molecular weight is 562 g/mol. The van der Waals surface area contributed by atoms with Gasteiger partial charge in [-0.1, -0.05) is 6.07 Å². The molecule has 6 rings (SSSR count). The summed E-state index contributed by atoms with van der Waals surface area (Å²) in [7, 11) is 0. The first kappa shape index (κ1) is 26.6. The predicted octanol–water partition coefficient (Wildman–Crippen LogP) is 3.43. The average Bonchev–Trinajstić information content (AvgIpc) is 3.70. The minimum Gasteiger partial charge on any atom is -0.382 e. The van der Waals surface area contributed by atoms with Crippen LogP contribution in [0.25, 0.3) is 22.6 Å². The highest BCUT2D eigenvalue weighted by atomic mass is 19.1. The number of nitrogens with zero attached hydrogens (tertiary/aromatic N) is 8. The van der Waals surface area contributed by atoms with E-state index in [1.807, 2.05) is 9.47 Å². The van der Waals surface area contributed by atoms with Crippen LogP contribution in [0.5, 0.6) is 0 Å². The van der Waals surface area contributed by atoms with Gasteiger partial charge in [-0.05, 0) is 42.8 Å². The molecule has 13 heteroatoms. The molecule has 1 aliphatic heterocycles. The molecule has 0 spiro atoms. The third-order valence-electron chi connectivity index (χ3n) is 7.28. The molecule has 2 atom stereocenters. The van der Waals surface area contributed by atoms with Crippen LogP contribution in [-0.2, 0) is 12.1 Å². The van der Waals surface area contributed by atoms with Gasteiger partial charge in [0, 0.05) is 49.1 Å². The maximum atomic E-state index is 14.9. The van der Waals surface area contributed by atoms with Crippen LogP contribution >= 0.6 is 0 Å². The molecule has 0 amide bonds. The molecular formula is C28H26F3N9O. The number of nitrogen functional groups attached to an aromatic ring is 1. The largest absolute Gasteiger partial charge is 0.382 e. The first-order valence-electron chi connectivity index (χ1n) is 12.9. The Labute approximate surface area is 233 Å². The van der Waals surface area contributed by atoms with E-state index in [-0.39, 0.29) is 36.5 Å². The molecular weight excluding hydrogens is 535 g/mol. The van der Waals surface area contributed by atoms with Crippen LogP contribution in [0.1, 0.15) is 18.0 Å². The van der Waals surface area contributed by atoms with Gasteiger partial charge in [0.25, 0.3) is 0 Å². The quantitative estimate of drug-likeness (QED) is 0.295. The highest BCUT2D eigenvalue weighted by molar-refractivity contribution is 5.77. The Balaban J connectivity index is 1.32. The second-order valence-electron chi connectivity index (χ2n) is 10.1. The van der Waals surface area contributed by atoms with Gasteiger partial charge in [-0.2, -0.15) is 5.10 Å². The number of likely N-dealkylation sites (tertiary alicyclic amines) is 1. The Bertz CT molecular complexity index is 1660. The zero-order chi connectivity index (χ0) is 28.6. The van der Waals surface area contributed by atoms with E-state index in [1.165, 1.54) is 35.5 Å². The van der Waals surface area contributed by atoms with E-state index >= 15 is 0 Å². The van der Waals surface area contributed by atoms with E-state index in [0.29, 0.717) is 42.2 Å². The highest BCUT2D eigenvalue weighted by Gasteiger charge is 2.38. The lowest BCUT2D eigenvalue weighted by atomic mass is 9.92. The number of aromatic nitrogens is 7. The number of hydrogen-bond acceptors (Lipinski definition) is 8. The molecule has 1 aliphatic rings. The summed E-state index contributed by atoms with van der Waals surface area (Å²) in [6.07, 6.45) is 6.72. The number of benzene rings is 2. The van der Waals surface area contributed by atoms with Crippen LogP contribution in [0.2, 0.25) is 0 Å². The van der Waals surface area contributed by atoms with E-state index in [0.717, 1.165) is 12.1 Å². The third-order valence-corrected chi connectivity index (χ3v) is 7.28. The van der Waals surface area contributed by atoms with Gasteiger partial charge >= 0.3 is 0 Å². The SMILES string of the molecule is Nc1nccc(-c2c(-c3ccc(F)cc3)ncn2[C@@H]2CCN(C[C@@](O)(Cn3cncn3)c3ccc(F)cc3F)C2)n1. The van der Waals surface area contributed by atoms with Crippen molar-refractivity contribution in [1.29, 1.82) is 0 Å². The van der Waals surface area contributed by atoms with Crippen molar-refractivity contribution < 1.29 is 18.3 Å². The molecule has 0 saturated carbocycles. The standard InChI is InChI=1S/C28H26F3N9O/c29-19-3-1-18(2-4-19)25-26(24-7-9-34-27(32)37-24)40(17-35-25)21-8-10-38(12-21)13-28(41,14-39-16-33-15-36-39)22-6-5-20(30)11-23(22)31/h1-7,9,11,15-17,21,41H,8,10,12-14H2,(H2,32,34,37)/t21-,28-/m1/s1. The normalized spacial score (nSPS) is 17.1. The van der Waals surface area contributed by atoms with Gasteiger partial charge in [-0.15, -0.1) is 0 Å². The summed E-state index contributed by atoms with van der Waals surface area (Å²) in [6, 6.07) is 10.8. The van der Waals surface area contributed by atoms with Gasteiger partial charge in [-0.25, -0.2) is 37.8 Å². The second kappa shape index (κ2) is 10.7. The van der Waals surface area contributed by atoms with Gasteiger partial charge in [-0.3, -0.25) is 4.90 Å². The molecule has 0 aliphatic carbocycles. The lowest BCUT2D eigenvalue weighted by molar-refractivity contribution is -0.0170. The van der Waals surface area contributed by atoms with E-state index in [1.54, 1.807) is 30.7 Å². The molecule has 3 N–H and O–H groups in total. The molecule has 210 valence electrons. The van der Waals surface area contributed by atoms with Crippen LogP contribution in [0.15, 0.2) is 73.7 Å². The van der Waals surface area contributed by atoms with Crippen molar-refractivity contribution in [2.24, 2.45) is 0 Å². The maximum Gasteiger partial charge on any atom is 0.220 e. The zero-order valence-electron chi connectivity index (χ0n) is 21.8. The minimum atomic E-state index is -1.72. The van der Waals surface area contributed by atoms with E-state index in [4.69, 9.17) is 5.73 Å². The summed E-state index contributed by atoms with van der Waals surface area (Å²) in [5.74, 6) is -1.83. The highest BCUT2D eigenvalue weighted by Crippen LogP contribution is 2.36. The summed E-state index contributed by atoms with van der Waals surface area (Å²) in [5, 5.41) is 15.9. The summed E-state index contributed by atoms with van der Waals surface area (Å²) in [5.41, 5.74) is 6.71. The molecule has 0 bridgehead atoms. The number of halogens is 3. The van der Waals surface area contributed by atoms with Crippen molar-refractivity contribution in [3.05, 3.63) is 96.7 Å². The van der Waals surface area contributed by atoms with Crippen molar-refractivity contribution >= 4 is 5.95 Å². The molecule has 1 saturated heterocycles. The fraction of sp³-hybridized carbons (Fsp3) is 0.250. The lowest BCUT2D eigenvalue weighted by Gasteiger charge is -2.33. The molecule has 0 radical (unpaired) electrons. The van der Waals surface area contributed by atoms with Crippen molar-refractivity contribution in [3.63, 3.8) is 0 Å². The number of β-amino-alcohol motifs (C(OH)–C–C–N with tert-alkyl or cyclic N) is 1. The Morgan fingerprint density at radius 2 is 1.78 bits per heavy atom. The summed E-state index contributed by atoms with van der Waals surface area (Å²) in [6.45, 7) is 1.06. The van der Waals surface area contributed by atoms with Gasteiger partial charge in [0.05, 0.1) is 30.0 Å². The topological polar surface area (TPSA) is 124 Å². The van der Waals surface area contributed by atoms with Crippen LogP contribution < -0.4 is 5.73 Å². The monoisotopic (exact) mass is 561 g/mol. The number of rotatable bonds is 8. The van der Waals surface area contributed by atoms with Gasteiger partial charge in [0.1, 0.15) is 35.7 Å². The van der Waals surface area contributed by atoms with E-state index < -0.39 is 17.2 Å². The first-order valence-corrected chi connectivity index (χ1v) is 12.9. The van der Waals surface area contributed by atoms with Crippen molar-refractivity contribution in [2.75, 3.05) is 25.4 Å². The minimum absolute atomic E-state index is 0.0313. The van der Waals surface area contributed by atoms with Crippen LogP contribution in [0, 0.1) is 17.5 Å². The van der Waals surface area contributed by atoms with E-state index in [9.17, 15) is 18.3 Å². The number of hydrogen-bond donors (Lipinski definition) is 2. The molecule has 1 fully saturated rings. The molecule has 41 heavy (non-hydrogen) atoms. The number of anilines is 1. The Kier molecular flexibility index (Phi) is 6.97. The molecule has 4 heterocycles. The Hall–Kier alpha value is -4.62. The smallest absolute Gasteiger partial charge is 0.220 e. The first-order chi connectivity index (χ1) is 19.8. The van der Waals surface area contributed by atoms with Crippen molar-refractivity contribution in [1.82, 2.24) is 39.2 Å². The maximum absolute atomic E-state index is 14.9. The Morgan fingerprint density at radius 1 is 0.976 bits per heavy atom. The van der Waals surface area contributed by atoms with E-state index in [2.05, 4.69) is 25.0 Å². The van der Waals surface area contributed by atoms with Gasteiger partial charge < -0.3 is 15.4 Å². The fourth-order valence-electron chi connectivity index (χ4n) is 5.44. The summed E-state index contributed by atoms with van der Waals surface area (Å²) < 4.78 is 45.7. The fourth-order valence-corrected chi connectivity index (χ4v) is 5.44. The number of imidazole rings is 1. The molecule has 2 aromatic carbocycles. The van der Waals surface area contributed by atoms with Crippen molar-refractivity contribution in [3.8, 4) is 22.6 Å². The van der Waals surface area contributed by atoms with Gasteiger partial charge in [0.15, 0.2) is 0 Å². The second-order valence-corrected chi connectivity index (χ2v) is 10.1. The summed E-state index contributed by atoms with van der Waals surface area (Å²) >= 11 is 0. The van der Waals surface area contributed by atoms with Crippen LogP contribution in [0.4, 0.5) is 19.1 Å². The van der Waals surface area contributed by atoms with Crippen LogP contribution in [-0.4, -0.2) is 63.9 Å². The number of nitrogens with two attached hydrogens (primary N) is 1. The van der Waals surface area contributed by atoms with Crippen molar-refractivity contribution in [2.45, 2.75) is 24.6 Å². The van der Waals surface area contributed by atoms with Gasteiger partial charge in [0.2, 0.25) is 5.95 Å². The van der Waals surface area contributed by atoms with Crippen LogP contribution in [0.3, 0.4) is 0 Å². The third kappa shape index (κ3) is 5.41. The number of aliphatic hydroxyl groups is 1. The predicted molar refractivity (Wildman–Crippen MR) is 143 cm³/mol. The molecule has 0 unspecified atom stereocenters.